The van der Waals surface area contributed by atoms with Gasteiger partial charge in [0.1, 0.15) is 0 Å². The molecule has 0 amide bonds. The van der Waals surface area contributed by atoms with Gasteiger partial charge in [0, 0.05) is 47.7 Å². The lowest BCUT2D eigenvalue weighted by Crippen LogP contribution is -2.56. The fourth-order valence-corrected chi connectivity index (χ4v) is 10.5. The van der Waals surface area contributed by atoms with Gasteiger partial charge in [-0.2, -0.15) is 4.57 Å². The Morgan fingerprint density at radius 2 is 1.24 bits per heavy atom. The fourth-order valence-electron chi connectivity index (χ4n) is 10.5. The first-order valence-electron chi connectivity index (χ1n) is 18.7. The second-order valence-electron chi connectivity index (χ2n) is 14.9. The highest BCUT2D eigenvalue weighted by Crippen LogP contribution is 2.61. The van der Waals surface area contributed by atoms with Crippen LogP contribution < -0.4 is 4.57 Å². The molecule has 244 valence electrons. The molecule has 0 radical (unpaired) electrons. The molecule has 4 heterocycles. The van der Waals surface area contributed by atoms with Crippen molar-refractivity contribution in [2.75, 3.05) is 0 Å². The van der Waals surface area contributed by atoms with Crippen LogP contribution in [0.2, 0.25) is 0 Å². The number of para-hydroxylation sites is 2. The van der Waals surface area contributed by atoms with Gasteiger partial charge < -0.3 is 4.57 Å². The first-order chi connectivity index (χ1) is 25.2. The third-order valence-corrected chi connectivity index (χ3v) is 13.0. The van der Waals surface area contributed by atoms with E-state index in [-0.39, 0.29) is 5.54 Å². The molecule has 1 aliphatic carbocycles. The van der Waals surface area contributed by atoms with E-state index in [2.05, 4.69) is 175 Å². The van der Waals surface area contributed by atoms with E-state index in [1.165, 1.54) is 88.8 Å². The number of benzene rings is 6. The Morgan fingerprint density at radius 3 is 2.04 bits per heavy atom. The van der Waals surface area contributed by atoms with Crippen molar-refractivity contribution >= 4 is 21.8 Å². The lowest BCUT2D eigenvalue weighted by Gasteiger charge is -2.39. The number of hydrogen-bond donors (Lipinski definition) is 0. The zero-order valence-electron chi connectivity index (χ0n) is 29.2. The second kappa shape index (κ2) is 10.4. The number of hydrogen-bond acceptors (Lipinski definition) is 0. The molecular formula is C49H39N2+. The highest BCUT2D eigenvalue weighted by molar-refractivity contribution is 6.13. The Kier molecular flexibility index (Phi) is 5.92. The summed E-state index contributed by atoms with van der Waals surface area (Å²) < 4.78 is 5.16. The molecule has 0 fully saturated rings. The van der Waals surface area contributed by atoms with Crippen LogP contribution in [-0.4, -0.2) is 4.57 Å². The molecule has 3 aliphatic rings. The van der Waals surface area contributed by atoms with Gasteiger partial charge in [-0.15, -0.1) is 0 Å². The van der Waals surface area contributed by atoms with Crippen molar-refractivity contribution in [2.45, 2.75) is 50.5 Å². The minimum absolute atomic E-state index is 0.137. The van der Waals surface area contributed by atoms with Crippen molar-refractivity contribution in [3.8, 4) is 39.2 Å². The average molecular weight is 656 g/mol. The fraction of sp³-hybridized carbons (Fsp3) is 0.163. The molecule has 2 aromatic heterocycles. The summed E-state index contributed by atoms with van der Waals surface area (Å²) >= 11 is 0. The molecule has 0 bridgehead atoms. The first-order valence-corrected chi connectivity index (χ1v) is 18.7. The van der Waals surface area contributed by atoms with E-state index in [1.54, 1.807) is 0 Å². The first kappa shape index (κ1) is 29.0. The minimum atomic E-state index is -0.419. The predicted molar refractivity (Wildman–Crippen MR) is 210 cm³/mol. The Hall–Kier alpha value is -5.73. The lowest BCUT2D eigenvalue weighted by molar-refractivity contribution is -0.757. The molecule has 2 heteroatoms. The summed E-state index contributed by atoms with van der Waals surface area (Å²) in [6.07, 6.45) is 6.83. The maximum atomic E-state index is 2.59. The van der Waals surface area contributed by atoms with Crippen LogP contribution in [0.1, 0.15) is 60.9 Å². The van der Waals surface area contributed by atoms with Gasteiger partial charge in [0.25, 0.3) is 0 Å². The van der Waals surface area contributed by atoms with Gasteiger partial charge in [-0.05, 0) is 80.8 Å². The van der Waals surface area contributed by atoms with Gasteiger partial charge in [0.05, 0.1) is 22.1 Å². The summed E-state index contributed by atoms with van der Waals surface area (Å²) in [6.45, 7) is 4.71. The Bertz CT molecular complexity index is 2690. The highest BCUT2D eigenvalue weighted by Gasteiger charge is 2.50. The maximum Gasteiger partial charge on any atom is 0.213 e. The van der Waals surface area contributed by atoms with Crippen LogP contribution >= 0.6 is 0 Å². The normalized spacial score (nSPS) is 15.6. The summed E-state index contributed by atoms with van der Waals surface area (Å²) in [5.74, 6) is 0. The Labute approximate surface area is 299 Å². The third-order valence-electron chi connectivity index (χ3n) is 13.0. The van der Waals surface area contributed by atoms with E-state index in [0.29, 0.717) is 0 Å². The highest BCUT2D eigenvalue weighted by atomic mass is 15.1. The van der Waals surface area contributed by atoms with Gasteiger partial charge in [-0.25, -0.2) is 0 Å². The average Bonchev–Trinajstić information content (AvgIpc) is 3.64. The lowest BCUT2D eigenvalue weighted by atomic mass is 9.65. The quantitative estimate of drug-likeness (QED) is 0.168. The summed E-state index contributed by atoms with van der Waals surface area (Å²) in [4.78, 5) is 0. The van der Waals surface area contributed by atoms with Crippen LogP contribution in [0.3, 0.4) is 0 Å². The van der Waals surface area contributed by atoms with Crippen LogP contribution in [0.4, 0.5) is 0 Å². The zero-order chi connectivity index (χ0) is 33.9. The van der Waals surface area contributed by atoms with Gasteiger partial charge >= 0.3 is 0 Å². The van der Waals surface area contributed by atoms with E-state index in [1.807, 2.05) is 0 Å². The van der Waals surface area contributed by atoms with Crippen LogP contribution in [0.25, 0.3) is 61.0 Å². The smallest absolute Gasteiger partial charge is 0.213 e. The van der Waals surface area contributed by atoms with Gasteiger partial charge in [0.2, 0.25) is 5.69 Å². The Morgan fingerprint density at radius 1 is 0.569 bits per heavy atom. The van der Waals surface area contributed by atoms with Crippen molar-refractivity contribution in [3.63, 3.8) is 0 Å². The zero-order valence-corrected chi connectivity index (χ0v) is 29.2. The van der Waals surface area contributed by atoms with E-state index >= 15 is 0 Å². The maximum absolute atomic E-state index is 2.59. The van der Waals surface area contributed by atoms with Crippen LogP contribution in [0.15, 0.2) is 152 Å². The molecular weight excluding hydrogens is 617 g/mol. The molecule has 11 rings (SSSR count). The van der Waals surface area contributed by atoms with Crippen molar-refractivity contribution in [2.24, 2.45) is 0 Å². The minimum Gasteiger partial charge on any atom is -0.309 e. The second-order valence-corrected chi connectivity index (χ2v) is 14.9. The summed E-state index contributed by atoms with van der Waals surface area (Å²) in [6, 6.07) is 55.5. The molecule has 1 spiro atoms. The number of aryl methyl sites for hydroxylation is 1. The van der Waals surface area contributed by atoms with Crippen LogP contribution in [-0.2, 0) is 17.4 Å². The monoisotopic (exact) mass is 655 g/mol. The molecule has 8 aromatic rings. The van der Waals surface area contributed by atoms with Crippen LogP contribution in [0.5, 0.6) is 0 Å². The van der Waals surface area contributed by atoms with Crippen molar-refractivity contribution in [1.29, 1.82) is 0 Å². The van der Waals surface area contributed by atoms with E-state index in [0.717, 1.165) is 25.7 Å². The molecule has 0 N–H and O–H groups in total. The number of fused-ring (bicyclic) bond motifs is 15. The molecule has 0 atom stereocenters. The molecule has 51 heavy (non-hydrogen) atoms. The molecule has 0 saturated carbocycles. The predicted octanol–water partition coefficient (Wildman–Crippen LogP) is 11.5. The molecule has 6 aromatic carbocycles. The summed E-state index contributed by atoms with van der Waals surface area (Å²) in [5, 5.41) is 2.62. The van der Waals surface area contributed by atoms with Crippen molar-refractivity contribution in [1.82, 2.24) is 4.57 Å². The summed E-state index contributed by atoms with van der Waals surface area (Å²) in [7, 11) is 0. The van der Waals surface area contributed by atoms with Crippen molar-refractivity contribution in [3.05, 3.63) is 180 Å². The number of aromatic nitrogens is 2. The molecule has 2 aliphatic heterocycles. The largest absolute Gasteiger partial charge is 0.309 e. The number of rotatable bonds is 3. The van der Waals surface area contributed by atoms with Crippen molar-refractivity contribution < 1.29 is 4.57 Å². The molecule has 2 nitrogen and oxygen atoms in total. The number of nitrogens with zero attached hydrogens (tertiary/aromatic N) is 2. The van der Waals surface area contributed by atoms with E-state index < -0.39 is 5.41 Å². The summed E-state index contributed by atoms with van der Waals surface area (Å²) in [5.41, 5.74) is 18.3. The molecule has 0 saturated heterocycles. The van der Waals surface area contributed by atoms with Gasteiger partial charge in [0.15, 0.2) is 11.7 Å². The van der Waals surface area contributed by atoms with Crippen LogP contribution in [0, 0.1) is 0 Å². The van der Waals surface area contributed by atoms with E-state index in [4.69, 9.17) is 0 Å². The topological polar surface area (TPSA) is 8.81 Å². The third kappa shape index (κ3) is 3.60. The standard InChI is InChI=1S/C49H39N2/c1-3-48(4-2)28-27-32-23-24-33(30-39(32)44-21-11-12-29-50(44)48)34-25-26-42-46(31-34)51-45-22-10-7-16-37(45)38-17-13-20-43(47(38)51)49(42)40-18-8-5-14-35(40)36-15-6-9-19-41(36)49/h5-26,29-31H,3-4,27-28H2,1-2H3/q+1. The molecule has 0 unspecified atom stereocenters. The van der Waals surface area contributed by atoms with Gasteiger partial charge in [-0.1, -0.05) is 123 Å². The van der Waals surface area contributed by atoms with E-state index in [9.17, 15) is 0 Å². The number of pyridine rings is 1. The Balaban J connectivity index is 1.21. The van der Waals surface area contributed by atoms with Gasteiger partial charge in [-0.3, -0.25) is 0 Å². The SMILES string of the molecule is CCC1(CC)CCc2ccc(-c3ccc4c(c3)-n3c5ccccc5c5cccc(c53)C43c4ccccc4-c4ccccc43)cc2-c2cccc[n+]21.